The number of hydrogen-bond donors (Lipinski definition) is 0. The molecule has 1 aromatic heterocycles. The van der Waals surface area contributed by atoms with Gasteiger partial charge in [0.1, 0.15) is 12.4 Å². The van der Waals surface area contributed by atoms with Crippen molar-refractivity contribution in [3.63, 3.8) is 0 Å². The average Bonchev–Trinajstić information content (AvgIpc) is 3.01. The number of thiazole rings is 1. The third-order valence-electron chi connectivity index (χ3n) is 4.53. The van der Waals surface area contributed by atoms with Crippen molar-refractivity contribution in [1.82, 2.24) is 9.88 Å². The topological polar surface area (TPSA) is 42.4 Å². The predicted molar refractivity (Wildman–Crippen MR) is 102 cm³/mol. The zero-order valence-corrected chi connectivity index (χ0v) is 16.2. The fraction of sp³-hybridized carbons (Fsp3) is 0.400. The van der Waals surface area contributed by atoms with Crippen molar-refractivity contribution in [3.05, 3.63) is 51.0 Å². The third-order valence-corrected chi connectivity index (χ3v) is 6.16. The smallest absolute Gasteiger partial charge is 0.253 e. The Bertz CT molecular complexity index is 823. The number of aromatic nitrogens is 1. The van der Waals surface area contributed by atoms with Gasteiger partial charge in [0, 0.05) is 23.4 Å². The Labute approximate surface area is 153 Å². The molecule has 1 aromatic carbocycles. The molecule has 25 heavy (non-hydrogen) atoms. The Hall–Kier alpha value is -2.14. The number of likely N-dealkylation sites (N-methyl/N-ethyl adjacent to an activating group) is 1. The average molecular weight is 356 g/mol. The highest BCUT2D eigenvalue weighted by molar-refractivity contribution is 7.11. The SMILES string of the molecule is Cc1nc(C(C)C)sc1[C@H](C)N(C)C(=O)C1=Cc2ccccc2OC1. The normalized spacial score (nSPS) is 14.6. The second kappa shape index (κ2) is 7.00. The highest BCUT2D eigenvalue weighted by Gasteiger charge is 2.26. The predicted octanol–water partition coefficient (Wildman–Crippen LogP) is 4.57. The Kier molecular flexibility index (Phi) is 4.95. The molecule has 0 radical (unpaired) electrons. The van der Waals surface area contributed by atoms with Crippen molar-refractivity contribution in [2.45, 2.75) is 39.7 Å². The lowest BCUT2D eigenvalue weighted by Gasteiger charge is -2.27. The number of fused-ring (bicyclic) bond motifs is 1. The van der Waals surface area contributed by atoms with E-state index in [4.69, 9.17) is 4.74 Å². The number of carbonyl (C=O) groups is 1. The van der Waals surface area contributed by atoms with Crippen molar-refractivity contribution < 1.29 is 9.53 Å². The van der Waals surface area contributed by atoms with Gasteiger partial charge in [-0.3, -0.25) is 4.79 Å². The molecule has 2 heterocycles. The Morgan fingerprint density at radius 1 is 1.28 bits per heavy atom. The molecule has 0 saturated heterocycles. The van der Waals surface area contributed by atoms with Gasteiger partial charge in [-0.25, -0.2) is 4.98 Å². The van der Waals surface area contributed by atoms with Crippen LogP contribution in [0, 0.1) is 6.92 Å². The number of carbonyl (C=O) groups excluding carboxylic acids is 1. The maximum atomic E-state index is 12.9. The molecule has 2 aromatic rings. The van der Waals surface area contributed by atoms with Gasteiger partial charge in [-0.1, -0.05) is 32.0 Å². The molecule has 0 aliphatic carbocycles. The lowest BCUT2D eigenvalue weighted by Crippen LogP contribution is -2.33. The maximum absolute atomic E-state index is 12.9. The van der Waals surface area contributed by atoms with Crippen molar-refractivity contribution in [2.75, 3.05) is 13.7 Å². The summed E-state index contributed by atoms with van der Waals surface area (Å²) < 4.78 is 5.73. The molecular weight excluding hydrogens is 332 g/mol. The van der Waals surface area contributed by atoms with Crippen LogP contribution in [0.3, 0.4) is 0 Å². The second-order valence-electron chi connectivity index (χ2n) is 6.74. The van der Waals surface area contributed by atoms with Gasteiger partial charge in [-0.05, 0) is 26.0 Å². The molecule has 4 nitrogen and oxygen atoms in total. The number of para-hydroxylation sites is 1. The van der Waals surface area contributed by atoms with Gasteiger partial charge >= 0.3 is 0 Å². The van der Waals surface area contributed by atoms with Gasteiger partial charge in [0.05, 0.1) is 22.3 Å². The van der Waals surface area contributed by atoms with Crippen molar-refractivity contribution in [2.24, 2.45) is 0 Å². The van der Waals surface area contributed by atoms with Crippen molar-refractivity contribution in [3.8, 4) is 5.75 Å². The summed E-state index contributed by atoms with van der Waals surface area (Å²) in [7, 11) is 1.85. The van der Waals surface area contributed by atoms with E-state index in [1.165, 1.54) is 0 Å². The minimum atomic E-state index is -0.0180. The van der Waals surface area contributed by atoms with Crippen LogP contribution in [-0.2, 0) is 4.79 Å². The fourth-order valence-electron chi connectivity index (χ4n) is 2.88. The fourth-order valence-corrected chi connectivity index (χ4v) is 4.05. The van der Waals surface area contributed by atoms with Crippen LogP contribution >= 0.6 is 11.3 Å². The number of aryl methyl sites for hydroxylation is 1. The van der Waals surface area contributed by atoms with Gasteiger partial charge in [0.25, 0.3) is 5.91 Å². The molecule has 0 saturated carbocycles. The van der Waals surface area contributed by atoms with Crippen LogP contribution < -0.4 is 4.74 Å². The van der Waals surface area contributed by atoms with Crippen LogP contribution in [0.4, 0.5) is 0 Å². The van der Waals surface area contributed by atoms with E-state index in [1.54, 1.807) is 16.2 Å². The highest BCUT2D eigenvalue weighted by Crippen LogP contribution is 2.33. The van der Waals surface area contributed by atoms with E-state index in [2.05, 4.69) is 25.8 Å². The standard InChI is InChI=1S/C20H24N2O2S/c1-12(2)19-21-13(3)18(25-19)14(4)22(5)20(23)16-10-15-8-6-7-9-17(15)24-11-16/h6-10,12,14H,11H2,1-5H3/t14-/m0/s1. The van der Waals surface area contributed by atoms with Gasteiger partial charge in [-0.15, -0.1) is 11.3 Å². The van der Waals surface area contributed by atoms with Crippen LogP contribution in [0.2, 0.25) is 0 Å². The number of benzene rings is 1. The zero-order chi connectivity index (χ0) is 18.1. The van der Waals surface area contributed by atoms with Gasteiger partial charge in [0.2, 0.25) is 0 Å². The van der Waals surface area contributed by atoms with Crippen LogP contribution in [0.1, 0.15) is 53.9 Å². The molecule has 0 unspecified atom stereocenters. The van der Waals surface area contributed by atoms with E-state index in [0.29, 0.717) is 18.1 Å². The molecule has 1 amide bonds. The quantitative estimate of drug-likeness (QED) is 0.806. The Morgan fingerprint density at radius 2 is 2.00 bits per heavy atom. The van der Waals surface area contributed by atoms with E-state index in [9.17, 15) is 4.79 Å². The maximum Gasteiger partial charge on any atom is 0.253 e. The van der Waals surface area contributed by atoms with E-state index in [-0.39, 0.29) is 11.9 Å². The first-order valence-corrected chi connectivity index (χ1v) is 9.37. The van der Waals surface area contributed by atoms with E-state index in [1.807, 2.05) is 44.3 Å². The summed E-state index contributed by atoms with van der Waals surface area (Å²) in [4.78, 5) is 20.5. The summed E-state index contributed by atoms with van der Waals surface area (Å²) in [6.45, 7) is 8.67. The van der Waals surface area contributed by atoms with Crippen LogP contribution in [0.15, 0.2) is 29.8 Å². The molecule has 0 spiro atoms. The molecule has 0 N–H and O–H groups in total. The molecule has 5 heteroatoms. The van der Waals surface area contributed by atoms with Gasteiger partial charge in [0.15, 0.2) is 0 Å². The van der Waals surface area contributed by atoms with Gasteiger partial charge in [-0.2, -0.15) is 0 Å². The first-order chi connectivity index (χ1) is 11.9. The highest BCUT2D eigenvalue weighted by atomic mass is 32.1. The molecule has 3 rings (SSSR count). The third kappa shape index (κ3) is 3.47. The molecule has 0 bridgehead atoms. The Morgan fingerprint density at radius 3 is 2.68 bits per heavy atom. The van der Waals surface area contributed by atoms with Crippen molar-refractivity contribution >= 4 is 23.3 Å². The summed E-state index contributed by atoms with van der Waals surface area (Å²) in [6, 6.07) is 7.76. The minimum Gasteiger partial charge on any atom is -0.488 e. The molecule has 1 aliphatic rings. The molecule has 1 aliphatic heterocycles. The zero-order valence-electron chi connectivity index (χ0n) is 15.4. The monoisotopic (exact) mass is 356 g/mol. The molecule has 1 atom stereocenters. The summed E-state index contributed by atoms with van der Waals surface area (Å²) in [5, 5.41) is 1.12. The van der Waals surface area contributed by atoms with E-state index in [0.717, 1.165) is 26.9 Å². The molecule has 0 fully saturated rings. The number of amides is 1. The number of rotatable bonds is 4. The number of ether oxygens (including phenoxy) is 1. The second-order valence-corrected chi connectivity index (χ2v) is 7.81. The molecule has 132 valence electrons. The summed E-state index contributed by atoms with van der Waals surface area (Å²) >= 11 is 1.70. The summed E-state index contributed by atoms with van der Waals surface area (Å²) in [6.07, 6.45) is 1.93. The lowest BCUT2D eigenvalue weighted by molar-refractivity contribution is -0.128. The van der Waals surface area contributed by atoms with Crippen LogP contribution in [-0.4, -0.2) is 29.4 Å². The Balaban J connectivity index is 1.82. The van der Waals surface area contributed by atoms with Crippen LogP contribution in [0.25, 0.3) is 6.08 Å². The lowest BCUT2D eigenvalue weighted by atomic mass is 10.1. The van der Waals surface area contributed by atoms with Gasteiger partial charge < -0.3 is 9.64 Å². The number of hydrogen-bond acceptors (Lipinski definition) is 4. The minimum absolute atomic E-state index is 0.000833. The summed E-state index contributed by atoms with van der Waals surface area (Å²) in [5.41, 5.74) is 2.65. The van der Waals surface area contributed by atoms with E-state index < -0.39 is 0 Å². The van der Waals surface area contributed by atoms with Crippen LogP contribution in [0.5, 0.6) is 5.75 Å². The first kappa shape index (κ1) is 17.7. The largest absolute Gasteiger partial charge is 0.488 e. The number of nitrogens with zero attached hydrogens (tertiary/aromatic N) is 2. The summed E-state index contributed by atoms with van der Waals surface area (Å²) in [5.74, 6) is 1.23. The van der Waals surface area contributed by atoms with E-state index >= 15 is 0 Å². The van der Waals surface area contributed by atoms with Crippen molar-refractivity contribution in [1.29, 1.82) is 0 Å². The molecular formula is C20H24N2O2S. The first-order valence-electron chi connectivity index (χ1n) is 8.55.